The van der Waals surface area contributed by atoms with Gasteiger partial charge in [-0.05, 0) is 43.5 Å². The lowest BCUT2D eigenvalue weighted by Gasteiger charge is -2.48. The van der Waals surface area contributed by atoms with E-state index in [4.69, 9.17) is 0 Å². The number of rotatable bonds is 3. The monoisotopic (exact) mass is 354 g/mol. The van der Waals surface area contributed by atoms with E-state index in [9.17, 15) is 9.18 Å². The van der Waals surface area contributed by atoms with E-state index >= 15 is 0 Å². The molecule has 1 atom stereocenters. The molecule has 6 heteroatoms. The van der Waals surface area contributed by atoms with Gasteiger partial charge in [0.2, 0.25) is 5.91 Å². The first-order valence-electron chi connectivity index (χ1n) is 9.18. The Morgan fingerprint density at radius 2 is 1.96 bits per heavy atom. The van der Waals surface area contributed by atoms with Crippen molar-refractivity contribution in [2.75, 3.05) is 24.5 Å². The van der Waals surface area contributed by atoms with Gasteiger partial charge in [0.1, 0.15) is 0 Å². The van der Waals surface area contributed by atoms with Gasteiger partial charge in [0, 0.05) is 43.9 Å². The first-order chi connectivity index (χ1) is 12.7. The second-order valence-electron chi connectivity index (χ2n) is 7.40. The molecule has 1 spiro atoms. The van der Waals surface area contributed by atoms with Crippen molar-refractivity contribution >= 4 is 11.7 Å². The zero-order valence-electron chi connectivity index (χ0n) is 14.8. The molecule has 2 aromatic rings. The van der Waals surface area contributed by atoms with Crippen LogP contribution in [0.15, 0.2) is 42.7 Å². The largest absolute Gasteiger partial charge is 0.354 e. The number of piperidine rings is 2. The van der Waals surface area contributed by atoms with E-state index in [0.717, 1.165) is 38.0 Å². The number of amides is 1. The molecule has 5 nitrogen and oxygen atoms in total. The predicted molar refractivity (Wildman–Crippen MR) is 97.0 cm³/mol. The Labute approximate surface area is 152 Å². The standard InChI is InChI=1S/C20H23FN4O/c21-17-6-3-11-23-19(17)24-12-4-8-20(14-24)9-7-18(26)25(15-20)13-16-5-1-2-10-22-16/h1-3,5-6,10-11H,4,7-9,12-15H2/t20-/m1/s1. The number of halogens is 1. The zero-order valence-corrected chi connectivity index (χ0v) is 14.8. The third kappa shape index (κ3) is 3.41. The molecule has 0 aromatic carbocycles. The van der Waals surface area contributed by atoms with Crippen LogP contribution in [0.5, 0.6) is 0 Å². The van der Waals surface area contributed by atoms with E-state index in [0.29, 0.717) is 25.3 Å². The van der Waals surface area contributed by atoms with Gasteiger partial charge in [0.15, 0.2) is 11.6 Å². The van der Waals surface area contributed by atoms with Crippen LogP contribution < -0.4 is 4.90 Å². The number of nitrogens with zero attached hydrogens (tertiary/aromatic N) is 4. The summed E-state index contributed by atoms with van der Waals surface area (Å²) in [7, 11) is 0. The van der Waals surface area contributed by atoms with Crippen LogP contribution >= 0.6 is 0 Å². The van der Waals surface area contributed by atoms with Gasteiger partial charge in [-0.2, -0.15) is 0 Å². The molecule has 2 aromatic heterocycles. The molecule has 26 heavy (non-hydrogen) atoms. The van der Waals surface area contributed by atoms with Crippen LogP contribution in [0.2, 0.25) is 0 Å². The lowest BCUT2D eigenvalue weighted by Crippen LogP contribution is -2.54. The SMILES string of the molecule is O=C1CC[C@@]2(CCCN(c3ncccc3F)C2)CN1Cc1ccccn1. The average molecular weight is 354 g/mol. The van der Waals surface area contributed by atoms with E-state index < -0.39 is 0 Å². The molecule has 0 bridgehead atoms. The Hall–Kier alpha value is -2.50. The molecule has 0 aliphatic carbocycles. The number of likely N-dealkylation sites (tertiary alicyclic amines) is 1. The summed E-state index contributed by atoms with van der Waals surface area (Å²) in [5.41, 5.74) is 0.909. The Balaban J connectivity index is 1.52. The van der Waals surface area contributed by atoms with E-state index in [1.54, 1.807) is 18.5 Å². The Morgan fingerprint density at radius 3 is 2.77 bits per heavy atom. The quantitative estimate of drug-likeness (QED) is 0.850. The molecule has 2 aliphatic heterocycles. The Kier molecular flexibility index (Phi) is 4.57. The summed E-state index contributed by atoms with van der Waals surface area (Å²) >= 11 is 0. The van der Waals surface area contributed by atoms with Crippen molar-refractivity contribution in [2.24, 2.45) is 5.41 Å². The summed E-state index contributed by atoms with van der Waals surface area (Å²) in [6.07, 6.45) is 6.84. The fraction of sp³-hybridized carbons (Fsp3) is 0.450. The minimum Gasteiger partial charge on any atom is -0.354 e. The van der Waals surface area contributed by atoms with Gasteiger partial charge in [0.05, 0.1) is 12.2 Å². The smallest absolute Gasteiger partial charge is 0.222 e. The molecule has 4 rings (SSSR count). The van der Waals surface area contributed by atoms with Crippen molar-refractivity contribution in [3.05, 3.63) is 54.2 Å². The summed E-state index contributed by atoms with van der Waals surface area (Å²) in [6, 6.07) is 8.85. The van der Waals surface area contributed by atoms with E-state index in [-0.39, 0.29) is 17.1 Å². The van der Waals surface area contributed by atoms with Gasteiger partial charge in [0.25, 0.3) is 0 Å². The number of hydrogen-bond donors (Lipinski definition) is 0. The van der Waals surface area contributed by atoms with Crippen LogP contribution in [0.25, 0.3) is 0 Å². The van der Waals surface area contributed by atoms with E-state index in [2.05, 4.69) is 9.97 Å². The molecule has 2 saturated heterocycles. The molecule has 1 amide bonds. The van der Waals surface area contributed by atoms with E-state index in [1.165, 1.54) is 6.07 Å². The Morgan fingerprint density at radius 1 is 1.08 bits per heavy atom. The van der Waals surface area contributed by atoms with E-state index in [1.807, 2.05) is 28.0 Å². The lowest BCUT2D eigenvalue weighted by molar-refractivity contribution is -0.138. The highest BCUT2D eigenvalue weighted by Gasteiger charge is 2.42. The third-order valence-corrected chi connectivity index (χ3v) is 5.53. The molecule has 0 radical (unpaired) electrons. The van der Waals surface area contributed by atoms with Gasteiger partial charge in [-0.15, -0.1) is 0 Å². The van der Waals surface area contributed by atoms with Crippen molar-refractivity contribution in [3.8, 4) is 0 Å². The molecule has 4 heterocycles. The first-order valence-corrected chi connectivity index (χ1v) is 9.18. The molecule has 2 aliphatic rings. The van der Waals surface area contributed by atoms with Gasteiger partial charge in [-0.3, -0.25) is 9.78 Å². The van der Waals surface area contributed by atoms with Crippen molar-refractivity contribution < 1.29 is 9.18 Å². The highest BCUT2D eigenvalue weighted by atomic mass is 19.1. The summed E-state index contributed by atoms with van der Waals surface area (Å²) in [4.78, 5) is 25.0. The van der Waals surface area contributed by atoms with Gasteiger partial charge in [-0.25, -0.2) is 9.37 Å². The average Bonchev–Trinajstić information content (AvgIpc) is 2.66. The molecule has 0 saturated carbocycles. The zero-order chi connectivity index (χ0) is 18.0. The third-order valence-electron chi connectivity index (χ3n) is 5.53. The summed E-state index contributed by atoms with van der Waals surface area (Å²) in [6.45, 7) is 2.80. The molecule has 136 valence electrons. The molecule has 0 N–H and O–H groups in total. The predicted octanol–water partition coefficient (Wildman–Crippen LogP) is 3.02. The van der Waals surface area contributed by atoms with Crippen LogP contribution in [0.1, 0.15) is 31.4 Å². The van der Waals surface area contributed by atoms with Crippen molar-refractivity contribution in [2.45, 2.75) is 32.2 Å². The summed E-state index contributed by atoms with van der Waals surface area (Å²) < 4.78 is 14.2. The maximum Gasteiger partial charge on any atom is 0.222 e. The summed E-state index contributed by atoms with van der Waals surface area (Å²) in [5, 5.41) is 0. The maximum atomic E-state index is 14.2. The second kappa shape index (κ2) is 7.02. The van der Waals surface area contributed by atoms with Gasteiger partial charge < -0.3 is 9.80 Å². The van der Waals surface area contributed by atoms with Crippen LogP contribution in [-0.4, -0.2) is 40.4 Å². The Bertz CT molecular complexity index is 784. The minimum absolute atomic E-state index is 0.00486. The van der Waals surface area contributed by atoms with Crippen molar-refractivity contribution in [3.63, 3.8) is 0 Å². The number of carbonyl (C=O) groups excluding carboxylic acids is 1. The highest BCUT2D eigenvalue weighted by Crippen LogP contribution is 2.40. The number of carbonyl (C=O) groups is 1. The molecule has 2 fully saturated rings. The minimum atomic E-state index is -0.276. The first kappa shape index (κ1) is 16.9. The number of anilines is 1. The van der Waals surface area contributed by atoms with Crippen molar-refractivity contribution in [1.29, 1.82) is 0 Å². The van der Waals surface area contributed by atoms with Crippen LogP contribution in [-0.2, 0) is 11.3 Å². The fourth-order valence-corrected chi connectivity index (χ4v) is 4.27. The molecular weight excluding hydrogens is 331 g/mol. The maximum absolute atomic E-state index is 14.2. The van der Waals surface area contributed by atoms with Crippen LogP contribution in [0.4, 0.5) is 10.2 Å². The normalized spacial score (nSPS) is 23.5. The second-order valence-corrected chi connectivity index (χ2v) is 7.40. The van der Waals surface area contributed by atoms with Crippen LogP contribution in [0.3, 0.4) is 0 Å². The van der Waals surface area contributed by atoms with Crippen molar-refractivity contribution in [1.82, 2.24) is 14.9 Å². The number of hydrogen-bond acceptors (Lipinski definition) is 4. The fourth-order valence-electron chi connectivity index (χ4n) is 4.27. The molecular formula is C20H23FN4O. The lowest BCUT2D eigenvalue weighted by atomic mass is 9.73. The number of aromatic nitrogens is 2. The van der Waals surface area contributed by atoms with Crippen LogP contribution in [0, 0.1) is 11.2 Å². The van der Waals surface area contributed by atoms with Gasteiger partial charge >= 0.3 is 0 Å². The topological polar surface area (TPSA) is 49.3 Å². The summed E-state index contributed by atoms with van der Waals surface area (Å²) in [5.74, 6) is 0.337. The highest BCUT2D eigenvalue weighted by molar-refractivity contribution is 5.77. The molecule has 0 unspecified atom stereocenters. The van der Waals surface area contributed by atoms with Gasteiger partial charge in [-0.1, -0.05) is 6.07 Å². The number of pyridine rings is 2.